The molecule has 1 heterocycles. The summed E-state index contributed by atoms with van der Waals surface area (Å²) in [6, 6.07) is 1.67. The summed E-state index contributed by atoms with van der Waals surface area (Å²) in [6.07, 6.45) is 1.42. The molecule has 0 aliphatic heterocycles. The second kappa shape index (κ2) is 7.13. The number of aromatic nitrogens is 1. The van der Waals surface area contributed by atoms with Gasteiger partial charge in [-0.05, 0) is 19.5 Å². The Bertz CT molecular complexity index is 336. The van der Waals surface area contributed by atoms with Crippen LogP contribution in [0, 0.1) is 0 Å². The van der Waals surface area contributed by atoms with Crippen LogP contribution in [0.15, 0.2) is 18.5 Å². The minimum absolute atomic E-state index is 0.0404. The number of halogens is 2. The third-order valence-corrected chi connectivity index (χ3v) is 2.41. The summed E-state index contributed by atoms with van der Waals surface area (Å²) in [7, 11) is 1.78. The maximum absolute atomic E-state index is 11.9. The van der Waals surface area contributed by atoms with Crippen LogP contribution >= 0.6 is 0 Å². The zero-order chi connectivity index (χ0) is 12.7. The highest BCUT2D eigenvalue weighted by atomic mass is 19.3. The molecule has 1 atom stereocenters. The Morgan fingerprint density at radius 3 is 2.88 bits per heavy atom. The lowest BCUT2D eigenvalue weighted by Gasteiger charge is -2.17. The van der Waals surface area contributed by atoms with Gasteiger partial charge in [-0.3, -0.25) is 4.98 Å². The lowest BCUT2D eigenvalue weighted by atomic mass is 10.1. The molecule has 6 heteroatoms. The average Bonchev–Trinajstić information content (AvgIpc) is 2.30. The molecule has 0 fully saturated rings. The number of rotatable bonds is 7. The lowest BCUT2D eigenvalue weighted by molar-refractivity contribution is 0.0145. The first-order valence-corrected chi connectivity index (χ1v) is 5.37. The van der Waals surface area contributed by atoms with E-state index in [2.05, 4.69) is 10.3 Å². The third-order valence-electron chi connectivity index (χ3n) is 2.41. The van der Waals surface area contributed by atoms with E-state index in [4.69, 9.17) is 10.5 Å². The van der Waals surface area contributed by atoms with Crippen LogP contribution in [0.3, 0.4) is 0 Å². The van der Waals surface area contributed by atoms with Crippen molar-refractivity contribution in [1.82, 2.24) is 10.3 Å². The summed E-state index contributed by atoms with van der Waals surface area (Å²) in [5.41, 5.74) is 7.30. The van der Waals surface area contributed by atoms with E-state index < -0.39 is 13.0 Å². The van der Waals surface area contributed by atoms with Crippen LogP contribution < -0.4 is 11.1 Å². The van der Waals surface area contributed by atoms with Crippen molar-refractivity contribution in [1.29, 1.82) is 0 Å². The molecule has 96 valence electrons. The largest absolute Gasteiger partial charge is 0.398 e. The van der Waals surface area contributed by atoms with E-state index in [1.807, 2.05) is 0 Å². The number of ether oxygens (including phenoxy) is 1. The van der Waals surface area contributed by atoms with Gasteiger partial charge in [0, 0.05) is 36.3 Å². The van der Waals surface area contributed by atoms with Gasteiger partial charge in [0.15, 0.2) is 0 Å². The molecule has 17 heavy (non-hydrogen) atoms. The highest BCUT2D eigenvalue weighted by Crippen LogP contribution is 2.21. The van der Waals surface area contributed by atoms with E-state index in [1.54, 1.807) is 25.5 Å². The Labute approximate surface area is 99.2 Å². The summed E-state index contributed by atoms with van der Waals surface area (Å²) in [4.78, 5) is 3.99. The Kier molecular flexibility index (Phi) is 5.79. The summed E-state index contributed by atoms with van der Waals surface area (Å²) in [6.45, 7) is -0.275. The first-order chi connectivity index (χ1) is 8.15. The molecule has 1 rings (SSSR count). The van der Waals surface area contributed by atoms with Crippen LogP contribution in [0.2, 0.25) is 0 Å². The zero-order valence-electron chi connectivity index (χ0n) is 9.70. The van der Waals surface area contributed by atoms with Crippen LogP contribution in [0.5, 0.6) is 0 Å². The second-order valence-electron chi connectivity index (χ2n) is 3.60. The van der Waals surface area contributed by atoms with E-state index in [1.165, 1.54) is 0 Å². The quantitative estimate of drug-likeness (QED) is 0.716. The van der Waals surface area contributed by atoms with E-state index in [0.29, 0.717) is 12.1 Å². The summed E-state index contributed by atoms with van der Waals surface area (Å²) >= 11 is 0. The van der Waals surface area contributed by atoms with Gasteiger partial charge in [0.1, 0.15) is 6.61 Å². The van der Waals surface area contributed by atoms with E-state index in [0.717, 1.165) is 5.56 Å². The highest BCUT2D eigenvalue weighted by molar-refractivity contribution is 5.46. The lowest BCUT2D eigenvalue weighted by Crippen LogP contribution is -2.20. The van der Waals surface area contributed by atoms with Crippen molar-refractivity contribution in [2.45, 2.75) is 18.9 Å². The van der Waals surface area contributed by atoms with E-state index in [9.17, 15) is 8.78 Å². The monoisotopic (exact) mass is 245 g/mol. The van der Waals surface area contributed by atoms with Crippen LogP contribution in [0.4, 0.5) is 14.5 Å². The SMILES string of the molecule is CNC(CCOCC(F)F)c1cnccc1N. The van der Waals surface area contributed by atoms with Crippen molar-refractivity contribution >= 4 is 5.69 Å². The topological polar surface area (TPSA) is 60.2 Å². The molecule has 0 radical (unpaired) electrons. The molecule has 1 aromatic heterocycles. The van der Waals surface area contributed by atoms with Crippen LogP contribution in [-0.2, 0) is 4.74 Å². The standard InChI is InChI=1S/C11H17F2N3O/c1-15-10(3-5-17-7-11(12)13)8-6-16-4-2-9(8)14/h2,4,6,10-11,15H,3,5,7H2,1H3,(H2,14,16). The molecule has 0 saturated heterocycles. The van der Waals surface area contributed by atoms with E-state index in [-0.39, 0.29) is 12.6 Å². The first kappa shape index (κ1) is 13.8. The van der Waals surface area contributed by atoms with Crippen LogP contribution in [0.1, 0.15) is 18.0 Å². The van der Waals surface area contributed by atoms with Gasteiger partial charge in [-0.25, -0.2) is 8.78 Å². The third kappa shape index (κ3) is 4.62. The fourth-order valence-corrected chi connectivity index (χ4v) is 1.54. The molecule has 0 bridgehead atoms. The molecule has 0 amide bonds. The molecular weight excluding hydrogens is 228 g/mol. The minimum atomic E-state index is -2.42. The molecule has 1 unspecified atom stereocenters. The molecule has 4 nitrogen and oxygen atoms in total. The highest BCUT2D eigenvalue weighted by Gasteiger charge is 2.12. The molecular formula is C11H17F2N3O. The average molecular weight is 245 g/mol. The molecule has 0 aliphatic rings. The summed E-state index contributed by atoms with van der Waals surface area (Å²) in [5, 5.41) is 3.06. The smallest absolute Gasteiger partial charge is 0.261 e. The van der Waals surface area contributed by atoms with Gasteiger partial charge in [0.2, 0.25) is 0 Å². The van der Waals surface area contributed by atoms with Crippen LogP contribution in [-0.4, -0.2) is 31.7 Å². The number of anilines is 1. The summed E-state index contributed by atoms with van der Waals surface area (Å²) < 4.78 is 28.6. The van der Waals surface area contributed by atoms with Gasteiger partial charge in [-0.15, -0.1) is 0 Å². The number of nitrogen functional groups attached to an aromatic ring is 1. The number of nitrogens with zero attached hydrogens (tertiary/aromatic N) is 1. The van der Waals surface area contributed by atoms with Crippen molar-refractivity contribution in [2.75, 3.05) is 26.0 Å². The van der Waals surface area contributed by atoms with Crippen molar-refractivity contribution in [3.8, 4) is 0 Å². The van der Waals surface area contributed by atoms with Crippen molar-refractivity contribution in [2.24, 2.45) is 0 Å². The predicted octanol–water partition coefficient (Wildman–Crippen LogP) is 1.60. The van der Waals surface area contributed by atoms with Gasteiger partial charge in [-0.1, -0.05) is 0 Å². The molecule has 0 aromatic carbocycles. The fourth-order valence-electron chi connectivity index (χ4n) is 1.54. The summed E-state index contributed by atoms with van der Waals surface area (Å²) in [5.74, 6) is 0. The Hall–Kier alpha value is -1.27. The van der Waals surface area contributed by atoms with Crippen molar-refractivity contribution in [3.63, 3.8) is 0 Å². The Morgan fingerprint density at radius 2 is 2.29 bits per heavy atom. The van der Waals surface area contributed by atoms with Gasteiger partial charge in [0.25, 0.3) is 6.43 Å². The Balaban J connectivity index is 2.46. The maximum atomic E-state index is 11.9. The Morgan fingerprint density at radius 1 is 1.53 bits per heavy atom. The van der Waals surface area contributed by atoms with Crippen LogP contribution in [0.25, 0.3) is 0 Å². The normalized spacial score (nSPS) is 12.9. The van der Waals surface area contributed by atoms with Crippen molar-refractivity contribution < 1.29 is 13.5 Å². The number of hydrogen-bond acceptors (Lipinski definition) is 4. The molecule has 1 aromatic rings. The van der Waals surface area contributed by atoms with Gasteiger partial charge < -0.3 is 15.8 Å². The number of hydrogen-bond donors (Lipinski definition) is 2. The maximum Gasteiger partial charge on any atom is 0.261 e. The second-order valence-corrected chi connectivity index (χ2v) is 3.60. The van der Waals surface area contributed by atoms with Gasteiger partial charge in [0.05, 0.1) is 0 Å². The molecule has 3 N–H and O–H groups in total. The zero-order valence-corrected chi connectivity index (χ0v) is 9.70. The molecule has 0 aliphatic carbocycles. The molecule has 0 saturated carbocycles. The minimum Gasteiger partial charge on any atom is -0.398 e. The predicted molar refractivity (Wildman–Crippen MR) is 61.9 cm³/mol. The number of nitrogens with two attached hydrogens (primary N) is 1. The number of alkyl halides is 2. The van der Waals surface area contributed by atoms with Gasteiger partial charge in [-0.2, -0.15) is 0 Å². The van der Waals surface area contributed by atoms with Crippen molar-refractivity contribution in [3.05, 3.63) is 24.0 Å². The number of nitrogens with one attached hydrogen (secondary N) is 1. The first-order valence-electron chi connectivity index (χ1n) is 5.37. The van der Waals surface area contributed by atoms with E-state index >= 15 is 0 Å². The fraction of sp³-hybridized carbons (Fsp3) is 0.545. The number of pyridine rings is 1. The molecule has 0 spiro atoms. The van der Waals surface area contributed by atoms with Gasteiger partial charge >= 0.3 is 0 Å².